The molecule has 0 N–H and O–H groups in total. The molecular formula is C16H14N4O3S. The van der Waals surface area contributed by atoms with Gasteiger partial charge in [0.2, 0.25) is 5.78 Å². The van der Waals surface area contributed by atoms with E-state index in [0.717, 1.165) is 17.0 Å². The summed E-state index contributed by atoms with van der Waals surface area (Å²) < 4.78 is 6.56. The van der Waals surface area contributed by atoms with Gasteiger partial charge < -0.3 is 4.74 Å². The lowest BCUT2D eigenvalue weighted by molar-refractivity contribution is 0.0476. The van der Waals surface area contributed by atoms with Crippen LogP contribution in [0.2, 0.25) is 0 Å². The number of aryl methyl sites for hydroxylation is 1. The lowest BCUT2D eigenvalue weighted by Gasteiger charge is -2.04. The molecule has 0 unspecified atom stereocenters. The zero-order valence-electron chi connectivity index (χ0n) is 12.9. The molecule has 0 bridgehead atoms. The Hall–Kier alpha value is -2.87. The van der Waals surface area contributed by atoms with E-state index in [0.29, 0.717) is 10.4 Å². The molecule has 7 nitrogen and oxygen atoms in total. The number of thiophene rings is 1. The lowest BCUT2D eigenvalue weighted by Crippen LogP contribution is -2.13. The molecule has 122 valence electrons. The van der Waals surface area contributed by atoms with Crippen LogP contribution in [0.1, 0.15) is 31.8 Å². The third-order valence-electron chi connectivity index (χ3n) is 3.34. The van der Waals surface area contributed by atoms with Crippen molar-refractivity contribution in [2.45, 2.75) is 13.3 Å². The van der Waals surface area contributed by atoms with Gasteiger partial charge in [-0.2, -0.15) is 0 Å². The van der Waals surface area contributed by atoms with E-state index in [2.05, 4.69) is 15.5 Å². The van der Waals surface area contributed by atoms with Crippen molar-refractivity contribution in [3.05, 3.63) is 58.0 Å². The number of nitrogens with zero attached hydrogens (tertiary/aromatic N) is 4. The zero-order chi connectivity index (χ0) is 16.9. The average Bonchev–Trinajstić information content (AvgIpc) is 3.30. The van der Waals surface area contributed by atoms with Gasteiger partial charge in [-0.1, -0.05) is 6.92 Å². The summed E-state index contributed by atoms with van der Waals surface area (Å²) in [6, 6.07) is 10.3. The second-order valence-corrected chi connectivity index (χ2v) is 6.09. The molecule has 0 aliphatic rings. The number of esters is 1. The van der Waals surface area contributed by atoms with Crippen LogP contribution in [0.25, 0.3) is 5.69 Å². The maximum absolute atomic E-state index is 12.0. The van der Waals surface area contributed by atoms with Crippen molar-refractivity contribution < 1.29 is 14.3 Å². The van der Waals surface area contributed by atoms with E-state index in [-0.39, 0.29) is 12.4 Å². The van der Waals surface area contributed by atoms with Crippen molar-refractivity contribution in [1.29, 1.82) is 0 Å². The first-order valence-corrected chi connectivity index (χ1v) is 8.11. The van der Waals surface area contributed by atoms with Gasteiger partial charge in [0.25, 0.3) is 0 Å². The van der Waals surface area contributed by atoms with Crippen molar-refractivity contribution in [2.75, 3.05) is 6.61 Å². The van der Waals surface area contributed by atoms with E-state index < -0.39 is 5.97 Å². The molecular weight excluding hydrogens is 328 g/mol. The molecule has 0 spiro atoms. The maximum atomic E-state index is 12.0. The van der Waals surface area contributed by atoms with Crippen molar-refractivity contribution in [3.63, 3.8) is 0 Å². The normalized spacial score (nSPS) is 10.5. The van der Waals surface area contributed by atoms with Crippen molar-refractivity contribution >= 4 is 23.1 Å². The van der Waals surface area contributed by atoms with Crippen molar-refractivity contribution in [2.24, 2.45) is 0 Å². The third kappa shape index (κ3) is 3.54. The zero-order valence-corrected chi connectivity index (χ0v) is 13.7. The van der Waals surface area contributed by atoms with Gasteiger partial charge in [-0.3, -0.25) is 4.79 Å². The molecule has 0 aliphatic heterocycles. The molecule has 0 saturated heterocycles. The number of Topliss-reactive ketones (excluding diaryl/α,β-unsaturated/α-hetero) is 1. The highest BCUT2D eigenvalue weighted by molar-refractivity contribution is 7.14. The summed E-state index contributed by atoms with van der Waals surface area (Å²) in [5, 5.41) is 10.9. The number of aromatic nitrogens is 4. The molecule has 0 radical (unpaired) electrons. The van der Waals surface area contributed by atoms with Gasteiger partial charge in [-0.05, 0) is 53.2 Å². The minimum absolute atomic E-state index is 0.196. The van der Waals surface area contributed by atoms with E-state index in [9.17, 15) is 9.59 Å². The van der Waals surface area contributed by atoms with Crippen LogP contribution in [-0.4, -0.2) is 38.6 Å². The molecule has 0 aliphatic carbocycles. The number of ketones is 1. The Kier molecular flexibility index (Phi) is 4.76. The van der Waals surface area contributed by atoms with Gasteiger partial charge in [-0.15, -0.1) is 16.4 Å². The molecule has 8 heteroatoms. The topological polar surface area (TPSA) is 87.0 Å². The summed E-state index contributed by atoms with van der Waals surface area (Å²) >= 11 is 1.43. The van der Waals surface area contributed by atoms with Crippen LogP contribution in [0.15, 0.2) is 42.7 Å². The van der Waals surface area contributed by atoms with Gasteiger partial charge in [0.1, 0.15) is 6.33 Å². The molecule has 0 atom stereocenters. The quantitative estimate of drug-likeness (QED) is 0.505. The van der Waals surface area contributed by atoms with Crippen LogP contribution < -0.4 is 0 Å². The van der Waals surface area contributed by atoms with Gasteiger partial charge in [-0.25, -0.2) is 9.48 Å². The van der Waals surface area contributed by atoms with Gasteiger partial charge >= 0.3 is 5.97 Å². The number of tetrazole rings is 1. The molecule has 2 aromatic heterocycles. The molecule has 1 aromatic carbocycles. The smallest absolute Gasteiger partial charge is 0.338 e. The fourth-order valence-corrected chi connectivity index (χ4v) is 2.90. The van der Waals surface area contributed by atoms with Crippen LogP contribution in [0, 0.1) is 0 Å². The first kappa shape index (κ1) is 16.0. The summed E-state index contributed by atoms with van der Waals surface area (Å²) in [6.45, 7) is 1.76. The predicted octanol–water partition coefficient (Wildman–Crippen LogP) is 2.33. The highest BCUT2D eigenvalue weighted by Gasteiger charge is 2.13. The fraction of sp³-hybridized carbons (Fsp3) is 0.188. The standard InChI is InChI=1S/C16H14N4O3S/c1-2-13-7-8-15(24-13)14(21)9-23-16(22)11-3-5-12(6-4-11)20-10-17-18-19-20/h3-8,10H,2,9H2,1H3. The largest absolute Gasteiger partial charge is 0.454 e. The molecule has 0 saturated carbocycles. The van der Waals surface area contributed by atoms with Crippen molar-refractivity contribution in [3.8, 4) is 5.69 Å². The fourth-order valence-electron chi connectivity index (χ4n) is 2.03. The first-order valence-electron chi connectivity index (χ1n) is 7.30. The monoisotopic (exact) mass is 342 g/mol. The Morgan fingerprint density at radius 3 is 2.58 bits per heavy atom. The molecule has 0 fully saturated rings. The Labute approximate surface area is 141 Å². The summed E-state index contributed by atoms with van der Waals surface area (Å²) in [7, 11) is 0. The summed E-state index contributed by atoms with van der Waals surface area (Å²) in [5.41, 5.74) is 1.08. The molecule has 0 amide bonds. The van der Waals surface area contributed by atoms with E-state index >= 15 is 0 Å². The third-order valence-corrected chi connectivity index (χ3v) is 4.61. The number of benzene rings is 1. The number of ether oxygens (including phenoxy) is 1. The van der Waals surface area contributed by atoms with Crippen LogP contribution in [0.4, 0.5) is 0 Å². The van der Waals surface area contributed by atoms with Crippen LogP contribution in [0.5, 0.6) is 0 Å². The number of carbonyl (C=O) groups excluding carboxylic acids is 2. The summed E-state index contributed by atoms with van der Waals surface area (Å²) in [6.07, 6.45) is 2.34. The predicted molar refractivity (Wildman–Crippen MR) is 87.5 cm³/mol. The highest BCUT2D eigenvalue weighted by Crippen LogP contribution is 2.17. The molecule has 24 heavy (non-hydrogen) atoms. The van der Waals surface area contributed by atoms with Gasteiger partial charge in [0, 0.05) is 4.88 Å². The minimum atomic E-state index is -0.543. The van der Waals surface area contributed by atoms with Gasteiger partial charge in [0.15, 0.2) is 6.61 Å². The Bertz CT molecular complexity index is 841. The Morgan fingerprint density at radius 1 is 1.17 bits per heavy atom. The number of hydrogen-bond acceptors (Lipinski definition) is 7. The van der Waals surface area contributed by atoms with Crippen LogP contribution in [0.3, 0.4) is 0 Å². The summed E-state index contributed by atoms with van der Waals surface area (Å²) in [4.78, 5) is 25.8. The SMILES string of the molecule is CCc1ccc(C(=O)COC(=O)c2ccc(-n3cnnn3)cc2)s1. The van der Waals surface area contributed by atoms with Crippen LogP contribution >= 0.6 is 11.3 Å². The van der Waals surface area contributed by atoms with E-state index in [1.165, 1.54) is 22.3 Å². The van der Waals surface area contributed by atoms with Crippen LogP contribution in [-0.2, 0) is 11.2 Å². The van der Waals surface area contributed by atoms with Crippen molar-refractivity contribution in [1.82, 2.24) is 20.2 Å². The van der Waals surface area contributed by atoms with E-state index in [1.807, 2.05) is 13.0 Å². The maximum Gasteiger partial charge on any atom is 0.338 e. The first-order chi connectivity index (χ1) is 11.7. The number of carbonyl (C=O) groups is 2. The van der Waals surface area contributed by atoms with E-state index in [1.54, 1.807) is 30.3 Å². The Balaban J connectivity index is 1.59. The Morgan fingerprint density at radius 2 is 1.96 bits per heavy atom. The number of rotatable bonds is 6. The average molecular weight is 342 g/mol. The second-order valence-electron chi connectivity index (χ2n) is 4.92. The second kappa shape index (κ2) is 7.14. The molecule has 3 rings (SSSR count). The van der Waals surface area contributed by atoms with Gasteiger partial charge in [0.05, 0.1) is 16.1 Å². The molecule has 2 heterocycles. The lowest BCUT2D eigenvalue weighted by atomic mass is 10.2. The van der Waals surface area contributed by atoms with E-state index in [4.69, 9.17) is 4.74 Å². The number of hydrogen-bond donors (Lipinski definition) is 0. The summed E-state index contributed by atoms with van der Waals surface area (Å²) in [5.74, 6) is -0.739. The minimum Gasteiger partial charge on any atom is -0.454 e. The highest BCUT2D eigenvalue weighted by atomic mass is 32.1. The molecule has 3 aromatic rings.